The molecule has 0 rings (SSSR count). The molecule has 0 bridgehead atoms. The highest BCUT2D eigenvalue weighted by Gasteiger charge is 2.25. The number of quaternary nitrogens is 1. The third-order valence-corrected chi connectivity index (χ3v) is 13.0. The molecule has 2 atom stereocenters. The maximum atomic E-state index is 12.8. The summed E-state index contributed by atoms with van der Waals surface area (Å²) in [6.07, 6.45) is 51.4. The number of carboxylic acid groups (broad SMARTS) is 1. The first-order valence-electron chi connectivity index (χ1n) is 27.6. The molecule has 0 radical (unpaired) electrons. The maximum absolute atomic E-state index is 12.8. The number of hydrogen-bond acceptors (Lipinski definition) is 7. The Kier molecular flexibility index (Phi) is 45.6. The quantitative estimate of drug-likeness (QED) is 0.0340. The smallest absolute Gasteiger partial charge is 0.306 e. The molecule has 374 valence electrons. The van der Waals surface area contributed by atoms with Gasteiger partial charge in [0.25, 0.3) is 0 Å². The highest BCUT2D eigenvalue weighted by atomic mass is 16.6. The van der Waals surface area contributed by atoms with Crippen LogP contribution in [0.1, 0.15) is 284 Å². The third kappa shape index (κ3) is 45.3. The summed E-state index contributed by atoms with van der Waals surface area (Å²) in [5.74, 6) is -1.70. The minimum Gasteiger partial charge on any atom is -0.544 e. The molecule has 0 saturated heterocycles. The van der Waals surface area contributed by atoms with Crippen LogP contribution in [0.2, 0.25) is 0 Å². The fourth-order valence-corrected chi connectivity index (χ4v) is 8.72. The Labute approximate surface area is 391 Å². The topological polar surface area (TPSA) is 102 Å². The Morgan fingerprint density at radius 2 is 0.698 bits per heavy atom. The molecule has 2 unspecified atom stereocenters. The number of ether oxygens (including phenoxy) is 3. The average molecular weight is 894 g/mol. The number of carbonyl (C=O) groups excluding carboxylic acids is 3. The van der Waals surface area contributed by atoms with Crippen molar-refractivity contribution in [2.75, 3.05) is 41.0 Å². The molecule has 0 saturated carbocycles. The van der Waals surface area contributed by atoms with Crippen molar-refractivity contribution < 1.29 is 38.2 Å². The van der Waals surface area contributed by atoms with Gasteiger partial charge in [-0.3, -0.25) is 9.59 Å². The lowest BCUT2D eigenvalue weighted by molar-refractivity contribution is -0.889. The van der Waals surface area contributed by atoms with E-state index in [1.54, 1.807) is 0 Å². The molecule has 8 nitrogen and oxygen atoms in total. The van der Waals surface area contributed by atoms with Crippen LogP contribution in [-0.4, -0.2) is 75.5 Å². The molecule has 0 amide bonds. The van der Waals surface area contributed by atoms with Gasteiger partial charge in [-0.25, -0.2) is 0 Å². The second-order valence-corrected chi connectivity index (χ2v) is 20.2. The summed E-state index contributed by atoms with van der Waals surface area (Å²) in [7, 11) is 5.44. The van der Waals surface area contributed by atoms with Gasteiger partial charge in [-0.1, -0.05) is 251 Å². The van der Waals surface area contributed by atoms with Crippen molar-refractivity contribution >= 4 is 17.9 Å². The van der Waals surface area contributed by atoms with Crippen LogP contribution in [0.15, 0.2) is 0 Å². The van der Waals surface area contributed by atoms with E-state index in [1.807, 2.05) is 21.1 Å². The number of carbonyl (C=O) groups is 3. The Bertz CT molecular complexity index is 998. The van der Waals surface area contributed by atoms with Gasteiger partial charge in [0.05, 0.1) is 40.3 Å². The number of unbranched alkanes of at least 4 members (excludes halogenated alkanes) is 37. The lowest BCUT2D eigenvalue weighted by Crippen LogP contribution is -2.55. The number of likely N-dealkylation sites (N-methyl/N-ethyl adjacent to an activating group) is 1. The Morgan fingerprint density at radius 3 is 0.984 bits per heavy atom. The molecular weight excluding hydrogens is 787 g/mol. The molecule has 0 aliphatic rings. The third-order valence-electron chi connectivity index (χ3n) is 13.0. The number of esters is 2. The molecule has 0 aromatic rings. The van der Waals surface area contributed by atoms with Crippen molar-refractivity contribution in [1.82, 2.24) is 0 Å². The number of hydrogen-bond donors (Lipinski definition) is 0. The predicted octanol–water partition coefficient (Wildman–Crippen LogP) is 14.7. The fraction of sp³-hybridized carbons (Fsp3) is 0.945. The van der Waals surface area contributed by atoms with Gasteiger partial charge in [0.2, 0.25) is 0 Å². The number of nitrogens with zero attached hydrogens (tertiary/aromatic N) is 1. The van der Waals surface area contributed by atoms with Crippen LogP contribution in [0.4, 0.5) is 0 Å². The number of rotatable bonds is 51. The first-order chi connectivity index (χ1) is 30.6. The summed E-state index contributed by atoms with van der Waals surface area (Å²) < 4.78 is 17.3. The standard InChI is InChI=1S/C55H107NO7/c1-6-8-10-12-14-16-18-20-22-24-25-26-27-28-30-32-34-36-38-40-42-44-46-54(58)63-51(49-61-48-47-52(55(59)60)56(3,4)5)50-62-53(57)45-43-41-39-37-35-33-31-29-23-21-19-17-15-13-11-9-7-2/h51-52H,6-50H2,1-5H3. The molecule has 0 fully saturated rings. The van der Waals surface area contributed by atoms with Crippen LogP contribution >= 0.6 is 0 Å². The lowest BCUT2D eigenvalue weighted by atomic mass is 10.0. The van der Waals surface area contributed by atoms with Gasteiger partial charge in [-0.15, -0.1) is 0 Å². The van der Waals surface area contributed by atoms with Crippen molar-refractivity contribution in [3.8, 4) is 0 Å². The molecule has 0 spiro atoms. The summed E-state index contributed by atoms with van der Waals surface area (Å²) in [6.45, 7) is 4.73. The van der Waals surface area contributed by atoms with Crippen molar-refractivity contribution in [3.63, 3.8) is 0 Å². The van der Waals surface area contributed by atoms with E-state index in [1.165, 1.54) is 212 Å². The van der Waals surface area contributed by atoms with Gasteiger partial charge in [0.1, 0.15) is 12.6 Å². The van der Waals surface area contributed by atoms with E-state index >= 15 is 0 Å². The first kappa shape index (κ1) is 61.3. The molecule has 0 aromatic carbocycles. The van der Waals surface area contributed by atoms with Crippen LogP contribution in [0, 0.1) is 0 Å². The summed E-state index contributed by atoms with van der Waals surface area (Å²) in [4.78, 5) is 37.1. The predicted molar refractivity (Wildman–Crippen MR) is 264 cm³/mol. The van der Waals surface area contributed by atoms with Crippen LogP contribution in [0.25, 0.3) is 0 Å². The van der Waals surface area contributed by atoms with Gasteiger partial charge in [0.15, 0.2) is 6.10 Å². The van der Waals surface area contributed by atoms with Gasteiger partial charge < -0.3 is 28.6 Å². The summed E-state index contributed by atoms with van der Waals surface area (Å²) in [5, 5.41) is 11.7. The number of aliphatic carboxylic acids is 1. The van der Waals surface area contributed by atoms with Gasteiger partial charge in [0, 0.05) is 19.3 Å². The average Bonchev–Trinajstić information content (AvgIpc) is 3.24. The zero-order valence-electron chi connectivity index (χ0n) is 42.8. The van der Waals surface area contributed by atoms with E-state index < -0.39 is 18.1 Å². The van der Waals surface area contributed by atoms with Crippen LogP contribution in [-0.2, 0) is 28.6 Å². The largest absolute Gasteiger partial charge is 0.544 e. The molecule has 63 heavy (non-hydrogen) atoms. The van der Waals surface area contributed by atoms with E-state index in [2.05, 4.69) is 13.8 Å². The van der Waals surface area contributed by atoms with Gasteiger partial charge >= 0.3 is 11.9 Å². The Morgan fingerprint density at radius 1 is 0.413 bits per heavy atom. The van der Waals surface area contributed by atoms with Gasteiger partial charge in [-0.2, -0.15) is 0 Å². The zero-order chi connectivity index (χ0) is 46.3. The SMILES string of the molecule is CCCCCCCCCCCCCCCCCCCCCCCCC(=O)OC(COCCC(C(=O)[O-])[N+](C)(C)C)COC(=O)CCCCCCCCCCCCCCCCCCC. The van der Waals surface area contributed by atoms with E-state index in [4.69, 9.17) is 14.2 Å². The molecule has 8 heteroatoms. The molecule has 0 N–H and O–H groups in total. The fourth-order valence-electron chi connectivity index (χ4n) is 8.72. The summed E-state index contributed by atoms with van der Waals surface area (Å²) in [5.41, 5.74) is 0. The number of carboxylic acids is 1. The van der Waals surface area contributed by atoms with Gasteiger partial charge in [-0.05, 0) is 12.8 Å². The van der Waals surface area contributed by atoms with Crippen LogP contribution in [0.3, 0.4) is 0 Å². The van der Waals surface area contributed by atoms with E-state index in [0.717, 1.165) is 38.5 Å². The highest BCUT2D eigenvalue weighted by Crippen LogP contribution is 2.18. The zero-order valence-corrected chi connectivity index (χ0v) is 42.8. The molecule has 0 aromatic heterocycles. The van der Waals surface area contributed by atoms with E-state index in [9.17, 15) is 19.5 Å². The van der Waals surface area contributed by atoms with E-state index in [0.29, 0.717) is 12.8 Å². The Hall–Kier alpha value is -1.67. The van der Waals surface area contributed by atoms with Crippen LogP contribution in [0.5, 0.6) is 0 Å². The van der Waals surface area contributed by atoms with Crippen LogP contribution < -0.4 is 5.11 Å². The minimum atomic E-state index is -1.12. The highest BCUT2D eigenvalue weighted by molar-refractivity contribution is 5.70. The monoisotopic (exact) mass is 894 g/mol. The summed E-state index contributed by atoms with van der Waals surface area (Å²) >= 11 is 0. The van der Waals surface area contributed by atoms with Crippen molar-refractivity contribution in [2.45, 2.75) is 296 Å². The normalized spacial score (nSPS) is 12.7. The lowest BCUT2D eigenvalue weighted by Gasteiger charge is -2.34. The van der Waals surface area contributed by atoms with E-state index in [-0.39, 0.29) is 42.7 Å². The first-order valence-corrected chi connectivity index (χ1v) is 27.6. The maximum Gasteiger partial charge on any atom is 0.306 e. The minimum absolute atomic E-state index is 0.0500. The second-order valence-electron chi connectivity index (χ2n) is 20.2. The Balaban J connectivity index is 4.13. The molecule has 0 aliphatic heterocycles. The second kappa shape index (κ2) is 46.8. The van der Waals surface area contributed by atoms with Crippen molar-refractivity contribution in [3.05, 3.63) is 0 Å². The molecule has 0 heterocycles. The summed E-state index contributed by atoms with van der Waals surface area (Å²) in [6, 6.07) is -0.720. The molecule has 0 aliphatic carbocycles. The molecular formula is C55H107NO7. The van der Waals surface area contributed by atoms with Crippen molar-refractivity contribution in [1.29, 1.82) is 0 Å². The van der Waals surface area contributed by atoms with Crippen molar-refractivity contribution in [2.24, 2.45) is 0 Å².